The molecule has 3 nitrogen and oxygen atoms in total. The molecule has 0 bridgehead atoms. The minimum atomic E-state index is -0.349. The molecule has 1 aromatic carbocycles. The van der Waals surface area contributed by atoms with Gasteiger partial charge in [-0.2, -0.15) is 0 Å². The lowest BCUT2D eigenvalue weighted by Gasteiger charge is -2.29. The Morgan fingerprint density at radius 1 is 1.40 bits per heavy atom. The van der Waals surface area contributed by atoms with Gasteiger partial charge in [0.2, 0.25) is 0 Å². The van der Waals surface area contributed by atoms with Crippen LogP contribution in [-0.4, -0.2) is 54.9 Å². The van der Waals surface area contributed by atoms with Crippen LogP contribution in [0.4, 0.5) is 4.39 Å². The van der Waals surface area contributed by atoms with Crippen LogP contribution in [0.3, 0.4) is 0 Å². The summed E-state index contributed by atoms with van der Waals surface area (Å²) in [7, 11) is 2.13. The van der Waals surface area contributed by atoms with Crippen LogP contribution in [0.25, 0.3) is 0 Å². The van der Waals surface area contributed by atoms with E-state index in [4.69, 9.17) is 0 Å². The molecular weight excluding hydrogens is 255 g/mol. The van der Waals surface area contributed by atoms with E-state index >= 15 is 0 Å². The zero-order valence-corrected chi connectivity index (χ0v) is 12.3. The Labute approximate surface area is 120 Å². The average molecular weight is 278 g/mol. The molecule has 0 spiro atoms. The zero-order valence-electron chi connectivity index (χ0n) is 12.3. The summed E-state index contributed by atoms with van der Waals surface area (Å²) in [6.07, 6.45) is 2.10. The zero-order chi connectivity index (χ0) is 14.5. The normalized spacial score (nSPS) is 21.6. The van der Waals surface area contributed by atoms with Crippen LogP contribution in [0.1, 0.15) is 30.1 Å². The molecule has 0 aromatic heterocycles. The first-order valence-corrected chi connectivity index (χ1v) is 7.31. The fourth-order valence-electron chi connectivity index (χ4n) is 2.83. The van der Waals surface area contributed by atoms with Crippen molar-refractivity contribution in [1.29, 1.82) is 0 Å². The second-order valence-corrected chi connectivity index (χ2v) is 5.58. The number of benzene rings is 1. The Morgan fingerprint density at radius 2 is 2.20 bits per heavy atom. The maximum Gasteiger partial charge on any atom is 0.176 e. The van der Waals surface area contributed by atoms with Gasteiger partial charge in [-0.25, -0.2) is 4.39 Å². The van der Waals surface area contributed by atoms with E-state index in [1.54, 1.807) is 12.1 Å². The number of rotatable bonds is 4. The summed E-state index contributed by atoms with van der Waals surface area (Å²) in [6.45, 7) is 5.54. The topological polar surface area (TPSA) is 23.6 Å². The number of carbonyl (C=O) groups excluding carboxylic acids is 1. The molecule has 1 fully saturated rings. The predicted octanol–water partition coefficient (Wildman–Crippen LogP) is 2.42. The predicted molar refractivity (Wildman–Crippen MR) is 78.5 cm³/mol. The Bertz CT molecular complexity index is 464. The van der Waals surface area contributed by atoms with Crippen molar-refractivity contribution in [3.05, 3.63) is 35.6 Å². The highest BCUT2D eigenvalue weighted by Gasteiger charge is 2.24. The molecule has 0 radical (unpaired) electrons. The van der Waals surface area contributed by atoms with E-state index in [0.717, 1.165) is 32.5 Å². The molecular formula is C16H23FN2O. The largest absolute Gasteiger partial charge is 0.305 e. The molecule has 1 unspecified atom stereocenters. The third kappa shape index (κ3) is 3.87. The fourth-order valence-corrected chi connectivity index (χ4v) is 2.83. The van der Waals surface area contributed by atoms with Gasteiger partial charge in [-0.1, -0.05) is 19.1 Å². The first kappa shape index (κ1) is 15.1. The SMILES string of the molecule is CCC1CN(C)CCCN1CC(=O)c1cccc(F)c1. The monoisotopic (exact) mass is 278 g/mol. The Balaban J connectivity index is 2.05. The van der Waals surface area contributed by atoms with Gasteiger partial charge in [-0.05, 0) is 38.6 Å². The molecule has 1 heterocycles. The van der Waals surface area contributed by atoms with Gasteiger partial charge in [-0.3, -0.25) is 9.69 Å². The maximum absolute atomic E-state index is 13.2. The molecule has 110 valence electrons. The van der Waals surface area contributed by atoms with E-state index in [0.29, 0.717) is 18.2 Å². The van der Waals surface area contributed by atoms with Gasteiger partial charge in [0.1, 0.15) is 5.82 Å². The molecule has 0 saturated carbocycles. The molecule has 1 saturated heterocycles. The third-order valence-electron chi connectivity index (χ3n) is 3.99. The molecule has 0 N–H and O–H groups in total. The molecule has 0 amide bonds. The summed E-state index contributed by atoms with van der Waals surface area (Å²) < 4.78 is 13.2. The summed E-state index contributed by atoms with van der Waals surface area (Å²) in [5.41, 5.74) is 0.470. The van der Waals surface area contributed by atoms with Crippen molar-refractivity contribution < 1.29 is 9.18 Å². The highest BCUT2D eigenvalue weighted by molar-refractivity contribution is 5.97. The summed E-state index contributed by atoms with van der Waals surface area (Å²) in [6, 6.07) is 6.38. The maximum atomic E-state index is 13.2. The highest BCUT2D eigenvalue weighted by Crippen LogP contribution is 2.13. The minimum Gasteiger partial charge on any atom is -0.305 e. The van der Waals surface area contributed by atoms with Crippen LogP contribution in [0, 0.1) is 5.82 Å². The van der Waals surface area contributed by atoms with Crippen LogP contribution in [-0.2, 0) is 0 Å². The number of hydrogen-bond acceptors (Lipinski definition) is 3. The van der Waals surface area contributed by atoms with Crippen molar-refractivity contribution in [3.8, 4) is 0 Å². The van der Waals surface area contributed by atoms with E-state index in [-0.39, 0.29) is 11.6 Å². The number of ketones is 1. The number of Topliss-reactive ketones (excluding diaryl/α,β-unsaturated/α-hetero) is 1. The quantitative estimate of drug-likeness (QED) is 0.790. The van der Waals surface area contributed by atoms with Crippen molar-refractivity contribution in [2.75, 3.05) is 33.2 Å². The van der Waals surface area contributed by atoms with Gasteiger partial charge in [0, 0.05) is 24.7 Å². The molecule has 1 aliphatic heterocycles. The van der Waals surface area contributed by atoms with Gasteiger partial charge in [-0.15, -0.1) is 0 Å². The molecule has 1 aliphatic rings. The highest BCUT2D eigenvalue weighted by atomic mass is 19.1. The second-order valence-electron chi connectivity index (χ2n) is 5.58. The molecule has 0 aliphatic carbocycles. The van der Waals surface area contributed by atoms with Crippen LogP contribution in [0.15, 0.2) is 24.3 Å². The molecule has 1 atom stereocenters. The van der Waals surface area contributed by atoms with E-state index < -0.39 is 0 Å². The minimum absolute atomic E-state index is 0.00695. The number of likely N-dealkylation sites (N-methyl/N-ethyl adjacent to an activating group) is 1. The lowest BCUT2D eigenvalue weighted by Crippen LogP contribution is -2.42. The lowest BCUT2D eigenvalue weighted by molar-refractivity contribution is 0.0887. The van der Waals surface area contributed by atoms with E-state index in [9.17, 15) is 9.18 Å². The first-order valence-electron chi connectivity index (χ1n) is 7.31. The molecule has 1 aromatic rings. The second kappa shape index (κ2) is 6.95. The Kier molecular flexibility index (Phi) is 5.26. The van der Waals surface area contributed by atoms with Crippen LogP contribution in [0.5, 0.6) is 0 Å². The summed E-state index contributed by atoms with van der Waals surface area (Å²) in [5.74, 6) is -0.342. The van der Waals surface area contributed by atoms with Crippen molar-refractivity contribution in [1.82, 2.24) is 9.80 Å². The summed E-state index contributed by atoms with van der Waals surface area (Å²) in [5, 5.41) is 0. The van der Waals surface area contributed by atoms with Crippen molar-refractivity contribution in [2.24, 2.45) is 0 Å². The molecule has 4 heteroatoms. The van der Waals surface area contributed by atoms with Crippen LogP contribution in [0.2, 0.25) is 0 Å². The summed E-state index contributed by atoms with van der Waals surface area (Å²) in [4.78, 5) is 16.9. The lowest BCUT2D eigenvalue weighted by atomic mass is 10.1. The Hall–Kier alpha value is -1.26. The standard InChI is InChI=1S/C16H23FN2O/c1-3-15-11-18(2)8-5-9-19(15)12-16(20)13-6-4-7-14(17)10-13/h4,6-7,10,15H,3,5,8-9,11-12H2,1-2H3. The molecule has 2 rings (SSSR count). The third-order valence-corrected chi connectivity index (χ3v) is 3.99. The van der Waals surface area contributed by atoms with Crippen LogP contribution >= 0.6 is 0 Å². The van der Waals surface area contributed by atoms with Crippen molar-refractivity contribution >= 4 is 5.78 Å². The van der Waals surface area contributed by atoms with Crippen molar-refractivity contribution in [3.63, 3.8) is 0 Å². The smallest absolute Gasteiger partial charge is 0.176 e. The van der Waals surface area contributed by atoms with Gasteiger partial charge in [0.15, 0.2) is 5.78 Å². The van der Waals surface area contributed by atoms with Gasteiger partial charge >= 0.3 is 0 Å². The number of carbonyl (C=O) groups is 1. The van der Waals surface area contributed by atoms with Gasteiger partial charge in [0.05, 0.1) is 6.54 Å². The van der Waals surface area contributed by atoms with E-state index in [1.165, 1.54) is 12.1 Å². The number of halogens is 1. The van der Waals surface area contributed by atoms with E-state index in [2.05, 4.69) is 23.8 Å². The van der Waals surface area contributed by atoms with Gasteiger partial charge in [0.25, 0.3) is 0 Å². The van der Waals surface area contributed by atoms with Crippen LogP contribution < -0.4 is 0 Å². The average Bonchev–Trinajstić information content (AvgIpc) is 2.60. The number of hydrogen-bond donors (Lipinski definition) is 0. The summed E-state index contributed by atoms with van der Waals surface area (Å²) >= 11 is 0. The first-order chi connectivity index (χ1) is 9.60. The fraction of sp³-hybridized carbons (Fsp3) is 0.562. The number of nitrogens with zero attached hydrogens (tertiary/aromatic N) is 2. The Morgan fingerprint density at radius 3 is 2.90 bits per heavy atom. The molecule has 20 heavy (non-hydrogen) atoms. The van der Waals surface area contributed by atoms with Gasteiger partial charge < -0.3 is 4.90 Å². The van der Waals surface area contributed by atoms with E-state index in [1.807, 2.05) is 0 Å². The van der Waals surface area contributed by atoms with Crippen molar-refractivity contribution in [2.45, 2.75) is 25.8 Å².